The second kappa shape index (κ2) is 5.67. The van der Waals surface area contributed by atoms with Gasteiger partial charge in [0.2, 0.25) is 10.0 Å². The van der Waals surface area contributed by atoms with E-state index in [1.165, 1.54) is 22.5 Å². The van der Waals surface area contributed by atoms with Gasteiger partial charge in [0.1, 0.15) is 10.7 Å². The molecule has 1 spiro atoms. The van der Waals surface area contributed by atoms with Gasteiger partial charge in [-0.2, -0.15) is 4.31 Å². The molecule has 8 heteroatoms. The molecule has 1 aliphatic carbocycles. The molecule has 0 radical (unpaired) electrons. The Labute approximate surface area is 147 Å². The van der Waals surface area contributed by atoms with Crippen LogP contribution in [0.15, 0.2) is 29.2 Å². The zero-order chi connectivity index (χ0) is 17.8. The van der Waals surface area contributed by atoms with Gasteiger partial charge in [-0.15, -0.1) is 0 Å². The zero-order valence-corrected chi connectivity index (χ0v) is 14.9. The average molecular weight is 367 g/mol. The molecule has 6 nitrogen and oxygen atoms in total. The SMILES string of the molecule is CC1CCNC(=O)N1C1CC2(C1)CN(S(=O)(=O)c1ccccc1F)C2. The van der Waals surface area contributed by atoms with E-state index in [1.807, 2.05) is 4.90 Å². The van der Waals surface area contributed by atoms with E-state index in [1.54, 1.807) is 0 Å². The minimum absolute atomic E-state index is 0.0197. The van der Waals surface area contributed by atoms with E-state index < -0.39 is 15.8 Å². The number of hydrogen-bond acceptors (Lipinski definition) is 3. The summed E-state index contributed by atoms with van der Waals surface area (Å²) in [6, 6.07) is 5.85. The van der Waals surface area contributed by atoms with Gasteiger partial charge < -0.3 is 10.2 Å². The highest BCUT2D eigenvalue weighted by molar-refractivity contribution is 7.89. The molecule has 1 atom stereocenters. The molecule has 1 N–H and O–H groups in total. The Bertz CT molecular complexity index is 799. The van der Waals surface area contributed by atoms with Gasteiger partial charge in [-0.3, -0.25) is 0 Å². The summed E-state index contributed by atoms with van der Waals surface area (Å²) in [5, 5.41) is 2.87. The van der Waals surface area contributed by atoms with Crippen LogP contribution in [0.1, 0.15) is 26.2 Å². The normalized spacial score (nSPS) is 26.9. The van der Waals surface area contributed by atoms with Crippen LogP contribution in [-0.4, -0.2) is 55.4 Å². The van der Waals surface area contributed by atoms with Crippen molar-refractivity contribution in [1.82, 2.24) is 14.5 Å². The molecule has 2 saturated heterocycles. The van der Waals surface area contributed by atoms with Crippen molar-refractivity contribution in [2.45, 2.75) is 43.2 Å². The summed E-state index contributed by atoms with van der Waals surface area (Å²) in [6.07, 6.45) is 2.56. The van der Waals surface area contributed by atoms with Gasteiger partial charge in [0.25, 0.3) is 0 Å². The van der Waals surface area contributed by atoms with Crippen LogP contribution in [0.25, 0.3) is 0 Å². The predicted molar refractivity (Wildman–Crippen MR) is 89.9 cm³/mol. The first-order chi connectivity index (χ1) is 11.8. The fourth-order valence-electron chi connectivity index (χ4n) is 4.40. The van der Waals surface area contributed by atoms with Crippen LogP contribution < -0.4 is 5.32 Å². The van der Waals surface area contributed by atoms with Crippen LogP contribution in [0.2, 0.25) is 0 Å². The quantitative estimate of drug-likeness (QED) is 0.885. The number of amides is 2. The monoisotopic (exact) mass is 367 g/mol. The molecular weight excluding hydrogens is 345 g/mol. The van der Waals surface area contributed by atoms with E-state index in [-0.39, 0.29) is 28.4 Å². The molecule has 1 unspecified atom stereocenters. The van der Waals surface area contributed by atoms with Crippen LogP contribution in [-0.2, 0) is 10.0 Å². The van der Waals surface area contributed by atoms with Crippen molar-refractivity contribution >= 4 is 16.1 Å². The molecule has 1 saturated carbocycles. The average Bonchev–Trinajstić information content (AvgIpc) is 2.47. The number of carbonyl (C=O) groups excluding carboxylic acids is 1. The lowest BCUT2D eigenvalue weighted by Crippen LogP contribution is -2.70. The molecule has 25 heavy (non-hydrogen) atoms. The molecule has 4 rings (SSSR count). The van der Waals surface area contributed by atoms with E-state index >= 15 is 0 Å². The molecule has 2 amide bonds. The fourth-order valence-corrected chi connectivity index (χ4v) is 6.13. The Kier molecular flexibility index (Phi) is 3.81. The molecule has 136 valence electrons. The Morgan fingerprint density at radius 2 is 1.92 bits per heavy atom. The molecule has 2 heterocycles. The van der Waals surface area contributed by atoms with Crippen LogP contribution in [0.5, 0.6) is 0 Å². The largest absolute Gasteiger partial charge is 0.338 e. The summed E-state index contributed by atoms with van der Waals surface area (Å²) >= 11 is 0. The van der Waals surface area contributed by atoms with Crippen molar-refractivity contribution in [2.75, 3.05) is 19.6 Å². The molecule has 3 aliphatic rings. The van der Waals surface area contributed by atoms with Crippen LogP contribution in [0.4, 0.5) is 9.18 Å². The lowest BCUT2D eigenvalue weighted by atomic mass is 9.61. The third-order valence-corrected chi connectivity index (χ3v) is 7.58. The standard InChI is InChI=1S/C17H22FN3O3S/c1-12-6-7-19-16(22)21(12)13-8-17(9-13)10-20(11-17)25(23,24)15-5-3-2-4-14(15)18/h2-5,12-13H,6-11H2,1H3,(H,19,22). The second-order valence-corrected chi connectivity index (χ2v) is 9.45. The third kappa shape index (κ3) is 2.62. The van der Waals surface area contributed by atoms with Crippen LogP contribution in [0.3, 0.4) is 0 Å². The highest BCUT2D eigenvalue weighted by atomic mass is 32.2. The van der Waals surface area contributed by atoms with E-state index in [0.29, 0.717) is 19.6 Å². The van der Waals surface area contributed by atoms with Crippen molar-refractivity contribution in [1.29, 1.82) is 0 Å². The predicted octanol–water partition coefficient (Wildman–Crippen LogP) is 1.78. The Morgan fingerprint density at radius 1 is 1.24 bits per heavy atom. The highest BCUT2D eigenvalue weighted by Gasteiger charge is 2.58. The summed E-state index contributed by atoms with van der Waals surface area (Å²) in [5.41, 5.74) is -0.0551. The second-order valence-electron chi connectivity index (χ2n) is 7.54. The Balaban J connectivity index is 1.40. The minimum Gasteiger partial charge on any atom is -0.338 e. The van der Waals surface area contributed by atoms with Gasteiger partial charge in [0, 0.05) is 37.1 Å². The number of nitrogens with one attached hydrogen (secondary N) is 1. The van der Waals surface area contributed by atoms with Crippen molar-refractivity contribution < 1.29 is 17.6 Å². The first-order valence-corrected chi connectivity index (χ1v) is 10.1. The summed E-state index contributed by atoms with van der Waals surface area (Å²) in [5.74, 6) is -0.714. The van der Waals surface area contributed by atoms with Gasteiger partial charge in [-0.05, 0) is 38.3 Å². The lowest BCUT2D eigenvalue weighted by molar-refractivity contribution is -0.0735. The van der Waals surface area contributed by atoms with E-state index in [9.17, 15) is 17.6 Å². The number of urea groups is 1. The molecule has 2 aliphatic heterocycles. The number of sulfonamides is 1. The zero-order valence-electron chi connectivity index (χ0n) is 14.1. The van der Waals surface area contributed by atoms with Crippen molar-refractivity contribution in [2.24, 2.45) is 5.41 Å². The first kappa shape index (κ1) is 16.8. The molecule has 0 aromatic heterocycles. The number of halogens is 1. The number of rotatable bonds is 3. The third-order valence-electron chi connectivity index (χ3n) is 5.76. The Morgan fingerprint density at radius 3 is 2.56 bits per heavy atom. The van der Waals surface area contributed by atoms with E-state index in [2.05, 4.69) is 12.2 Å². The summed E-state index contributed by atoms with van der Waals surface area (Å²) in [4.78, 5) is 13.7. The fraction of sp³-hybridized carbons (Fsp3) is 0.588. The number of carbonyl (C=O) groups is 1. The lowest BCUT2D eigenvalue weighted by Gasteiger charge is -2.61. The molecule has 0 bridgehead atoms. The summed E-state index contributed by atoms with van der Waals surface area (Å²) in [6.45, 7) is 3.58. The number of nitrogens with zero attached hydrogens (tertiary/aromatic N) is 2. The van der Waals surface area contributed by atoms with Gasteiger partial charge in [0.15, 0.2) is 0 Å². The van der Waals surface area contributed by atoms with Gasteiger partial charge >= 0.3 is 6.03 Å². The van der Waals surface area contributed by atoms with Gasteiger partial charge in [0.05, 0.1) is 0 Å². The summed E-state index contributed by atoms with van der Waals surface area (Å²) < 4.78 is 40.3. The maximum absolute atomic E-state index is 13.8. The minimum atomic E-state index is -3.78. The van der Waals surface area contributed by atoms with Crippen molar-refractivity contribution in [3.05, 3.63) is 30.1 Å². The molecule has 1 aromatic carbocycles. The first-order valence-electron chi connectivity index (χ1n) is 8.63. The molecule has 1 aromatic rings. The number of benzene rings is 1. The maximum atomic E-state index is 13.8. The van der Waals surface area contributed by atoms with Crippen molar-refractivity contribution in [3.8, 4) is 0 Å². The van der Waals surface area contributed by atoms with E-state index in [0.717, 1.165) is 25.3 Å². The van der Waals surface area contributed by atoms with Gasteiger partial charge in [-0.25, -0.2) is 17.6 Å². The Hall–Kier alpha value is -1.67. The number of hydrogen-bond donors (Lipinski definition) is 1. The van der Waals surface area contributed by atoms with Gasteiger partial charge in [-0.1, -0.05) is 12.1 Å². The van der Waals surface area contributed by atoms with Crippen molar-refractivity contribution in [3.63, 3.8) is 0 Å². The summed E-state index contributed by atoms with van der Waals surface area (Å²) in [7, 11) is -3.78. The van der Waals surface area contributed by atoms with E-state index in [4.69, 9.17) is 0 Å². The topological polar surface area (TPSA) is 69.7 Å². The maximum Gasteiger partial charge on any atom is 0.317 e. The van der Waals surface area contributed by atoms with Crippen LogP contribution in [0, 0.1) is 11.2 Å². The van der Waals surface area contributed by atoms with Crippen LogP contribution >= 0.6 is 0 Å². The molecule has 3 fully saturated rings. The highest BCUT2D eigenvalue weighted by Crippen LogP contribution is 2.52. The molecular formula is C17H22FN3O3S. The smallest absolute Gasteiger partial charge is 0.317 e.